The SMILES string of the molecule is Fc1cnc2[nH]cc(-c3ncc(F)c(NC4CCCC(Nc5cnccn5)C4)n3)c2c1. The van der Waals surface area contributed by atoms with Gasteiger partial charge < -0.3 is 15.6 Å². The van der Waals surface area contributed by atoms with Crippen LogP contribution in [0.3, 0.4) is 0 Å². The summed E-state index contributed by atoms with van der Waals surface area (Å²) in [7, 11) is 0. The van der Waals surface area contributed by atoms with E-state index in [1.165, 1.54) is 6.07 Å². The Kier molecular flexibility index (Phi) is 5.11. The van der Waals surface area contributed by atoms with E-state index in [1.807, 2.05) is 0 Å². The molecule has 0 saturated heterocycles. The van der Waals surface area contributed by atoms with Crippen LogP contribution < -0.4 is 10.6 Å². The number of pyridine rings is 1. The smallest absolute Gasteiger partial charge is 0.183 e. The van der Waals surface area contributed by atoms with Crippen molar-refractivity contribution >= 4 is 22.7 Å². The number of H-pyrrole nitrogens is 1. The number of nitrogens with one attached hydrogen (secondary N) is 3. The van der Waals surface area contributed by atoms with Gasteiger partial charge in [0.1, 0.15) is 17.3 Å². The predicted molar refractivity (Wildman–Crippen MR) is 112 cm³/mol. The number of aromatic amines is 1. The van der Waals surface area contributed by atoms with E-state index < -0.39 is 11.6 Å². The molecule has 1 fully saturated rings. The van der Waals surface area contributed by atoms with Gasteiger partial charge in [-0.15, -0.1) is 0 Å². The molecule has 1 aliphatic rings. The lowest BCUT2D eigenvalue weighted by Crippen LogP contribution is -2.35. The average molecular weight is 422 g/mol. The van der Waals surface area contributed by atoms with E-state index in [2.05, 4.69) is 40.5 Å². The highest BCUT2D eigenvalue weighted by Gasteiger charge is 2.24. The zero-order valence-corrected chi connectivity index (χ0v) is 16.5. The second kappa shape index (κ2) is 8.21. The van der Waals surface area contributed by atoms with Gasteiger partial charge in [-0.05, 0) is 31.7 Å². The fourth-order valence-corrected chi connectivity index (χ4v) is 3.99. The number of nitrogens with zero attached hydrogens (tertiary/aromatic N) is 5. The number of fused-ring (bicyclic) bond motifs is 1. The first-order chi connectivity index (χ1) is 15.2. The Balaban J connectivity index is 1.35. The molecule has 0 radical (unpaired) electrons. The second-order valence-electron chi connectivity index (χ2n) is 7.58. The fourth-order valence-electron chi connectivity index (χ4n) is 3.99. The molecule has 1 saturated carbocycles. The summed E-state index contributed by atoms with van der Waals surface area (Å²) in [6, 6.07) is 1.61. The molecule has 5 rings (SSSR count). The van der Waals surface area contributed by atoms with E-state index in [4.69, 9.17) is 0 Å². The minimum atomic E-state index is -0.531. The van der Waals surface area contributed by atoms with Crippen molar-refractivity contribution in [2.75, 3.05) is 10.6 Å². The van der Waals surface area contributed by atoms with Gasteiger partial charge in [-0.25, -0.2) is 28.7 Å². The molecule has 0 aliphatic heterocycles. The van der Waals surface area contributed by atoms with Crippen molar-refractivity contribution in [3.8, 4) is 11.4 Å². The van der Waals surface area contributed by atoms with Crippen LogP contribution in [-0.4, -0.2) is 42.0 Å². The molecule has 4 aromatic rings. The molecule has 4 aromatic heterocycles. The van der Waals surface area contributed by atoms with E-state index in [9.17, 15) is 8.78 Å². The highest BCUT2D eigenvalue weighted by atomic mass is 19.1. The number of hydrogen-bond acceptors (Lipinski definition) is 7. The number of halogens is 2. The normalized spacial score (nSPS) is 18.8. The third-order valence-electron chi connectivity index (χ3n) is 5.41. The lowest BCUT2D eigenvalue weighted by Gasteiger charge is -2.31. The summed E-state index contributed by atoms with van der Waals surface area (Å²) in [6.07, 6.45) is 12.6. The second-order valence-corrected chi connectivity index (χ2v) is 7.58. The summed E-state index contributed by atoms with van der Waals surface area (Å²) < 4.78 is 28.1. The standard InChI is InChI=1S/C21H20F2N8/c22-12-6-15-16(9-27-19(15)26-8-12)20-28-10-17(23)21(31-20)30-14-3-1-2-13(7-14)29-18-11-24-4-5-25-18/h4-6,8-11,13-14H,1-3,7H2,(H,25,29)(H,26,27)(H,28,30,31). The van der Waals surface area contributed by atoms with Crippen LogP contribution in [-0.2, 0) is 0 Å². The van der Waals surface area contributed by atoms with Crippen molar-refractivity contribution < 1.29 is 8.78 Å². The number of hydrogen-bond donors (Lipinski definition) is 3. The molecular weight excluding hydrogens is 402 g/mol. The van der Waals surface area contributed by atoms with Crippen molar-refractivity contribution in [1.82, 2.24) is 29.9 Å². The molecule has 31 heavy (non-hydrogen) atoms. The van der Waals surface area contributed by atoms with Crippen molar-refractivity contribution in [2.45, 2.75) is 37.8 Å². The Morgan fingerprint density at radius 2 is 1.84 bits per heavy atom. The first kappa shape index (κ1) is 19.3. The summed E-state index contributed by atoms with van der Waals surface area (Å²) in [5.41, 5.74) is 1.08. The third-order valence-corrected chi connectivity index (χ3v) is 5.41. The van der Waals surface area contributed by atoms with Gasteiger partial charge in [0.2, 0.25) is 0 Å². The van der Waals surface area contributed by atoms with Crippen LogP contribution in [0.5, 0.6) is 0 Å². The molecule has 2 unspecified atom stereocenters. The number of aromatic nitrogens is 6. The van der Waals surface area contributed by atoms with Gasteiger partial charge in [-0.1, -0.05) is 0 Å². The Labute approximate surface area is 176 Å². The van der Waals surface area contributed by atoms with Crippen molar-refractivity contribution in [3.63, 3.8) is 0 Å². The fraction of sp³-hybridized carbons (Fsp3) is 0.286. The van der Waals surface area contributed by atoms with Gasteiger partial charge in [0.25, 0.3) is 0 Å². The van der Waals surface area contributed by atoms with Crippen LogP contribution in [0.25, 0.3) is 22.4 Å². The summed E-state index contributed by atoms with van der Waals surface area (Å²) >= 11 is 0. The topological polar surface area (TPSA) is 104 Å². The van der Waals surface area contributed by atoms with E-state index in [0.717, 1.165) is 43.9 Å². The molecular formula is C21H20F2N8. The minimum absolute atomic E-state index is 0.0438. The van der Waals surface area contributed by atoms with Gasteiger partial charge in [-0.2, -0.15) is 0 Å². The zero-order valence-electron chi connectivity index (χ0n) is 16.5. The molecule has 0 aromatic carbocycles. The molecule has 158 valence electrons. The van der Waals surface area contributed by atoms with E-state index in [0.29, 0.717) is 22.4 Å². The van der Waals surface area contributed by atoms with Crippen LogP contribution in [0, 0.1) is 11.6 Å². The molecule has 10 heteroatoms. The van der Waals surface area contributed by atoms with E-state index in [1.54, 1.807) is 24.8 Å². The average Bonchev–Trinajstić information content (AvgIpc) is 3.19. The Hall–Kier alpha value is -3.69. The van der Waals surface area contributed by atoms with Crippen LogP contribution in [0.4, 0.5) is 20.4 Å². The number of anilines is 2. The van der Waals surface area contributed by atoms with Gasteiger partial charge in [-0.3, -0.25) is 4.98 Å². The van der Waals surface area contributed by atoms with Crippen LogP contribution in [0.2, 0.25) is 0 Å². The van der Waals surface area contributed by atoms with Crippen molar-refractivity contribution in [3.05, 3.63) is 54.9 Å². The number of rotatable bonds is 5. The molecule has 3 N–H and O–H groups in total. The molecule has 2 atom stereocenters. The molecule has 0 bridgehead atoms. The highest BCUT2D eigenvalue weighted by Crippen LogP contribution is 2.28. The van der Waals surface area contributed by atoms with Crippen LogP contribution in [0.15, 0.2) is 43.2 Å². The largest absolute Gasteiger partial charge is 0.366 e. The zero-order chi connectivity index (χ0) is 21.2. The summed E-state index contributed by atoms with van der Waals surface area (Å²) in [6.45, 7) is 0. The van der Waals surface area contributed by atoms with Crippen LogP contribution in [0.1, 0.15) is 25.7 Å². The molecule has 0 amide bonds. The minimum Gasteiger partial charge on any atom is -0.366 e. The van der Waals surface area contributed by atoms with Gasteiger partial charge in [0, 0.05) is 41.6 Å². The summed E-state index contributed by atoms with van der Waals surface area (Å²) in [4.78, 5) is 23.8. The quantitative estimate of drug-likeness (QED) is 0.448. The Morgan fingerprint density at radius 3 is 2.68 bits per heavy atom. The Bertz CT molecular complexity index is 1200. The molecule has 4 heterocycles. The predicted octanol–water partition coefficient (Wildman–Crippen LogP) is 3.92. The maximum atomic E-state index is 14.5. The van der Waals surface area contributed by atoms with E-state index in [-0.39, 0.29) is 17.9 Å². The van der Waals surface area contributed by atoms with Crippen molar-refractivity contribution in [2.24, 2.45) is 0 Å². The molecule has 8 nitrogen and oxygen atoms in total. The maximum absolute atomic E-state index is 14.5. The van der Waals surface area contributed by atoms with Crippen molar-refractivity contribution in [1.29, 1.82) is 0 Å². The summed E-state index contributed by atoms with van der Waals surface area (Å²) in [5, 5.41) is 7.15. The lowest BCUT2D eigenvalue weighted by molar-refractivity contribution is 0.424. The maximum Gasteiger partial charge on any atom is 0.183 e. The highest BCUT2D eigenvalue weighted by molar-refractivity contribution is 5.91. The molecule has 0 spiro atoms. The summed E-state index contributed by atoms with van der Waals surface area (Å²) in [5.74, 6) is 0.167. The first-order valence-electron chi connectivity index (χ1n) is 10.1. The molecule has 1 aliphatic carbocycles. The lowest BCUT2D eigenvalue weighted by atomic mass is 9.91. The van der Waals surface area contributed by atoms with E-state index >= 15 is 0 Å². The first-order valence-corrected chi connectivity index (χ1v) is 10.1. The Morgan fingerprint density at radius 1 is 0.968 bits per heavy atom. The van der Waals surface area contributed by atoms with Crippen LogP contribution >= 0.6 is 0 Å². The monoisotopic (exact) mass is 422 g/mol. The van der Waals surface area contributed by atoms with Gasteiger partial charge in [0.15, 0.2) is 17.5 Å². The van der Waals surface area contributed by atoms with Gasteiger partial charge in [0.05, 0.1) is 18.6 Å². The van der Waals surface area contributed by atoms with Gasteiger partial charge >= 0.3 is 0 Å². The third kappa shape index (κ3) is 4.14.